The fourth-order valence-electron chi connectivity index (χ4n) is 3.14. The summed E-state index contributed by atoms with van der Waals surface area (Å²) in [4.78, 5) is 32.3. The van der Waals surface area contributed by atoms with Crippen molar-refractivity contribution in [1.29, 1.82) is 0 Å². The van der Waals surface area contributed by atoms with Gasteiger partial charge in [-0.15, -0.1) is 0 Å². The average molecular weight is 356 g/mol. The summed E-state index contributed by atoms with van der Waals surface area (Å²) in [6.45, 7) is 5.96. The molecule has 2 aromatic carbocycles. The van der Waals surface area contributed by atoms with Gasteiger partial charge >= 0.3 is 0 Å². The van der Waals surface area contributed by atoms with Gasteiger partial charge in [-0.05, 0) is 45.1 Å². The Labute approximate surface area is 152 Å². The zero-order chi connectivity index (χ0) is 18.9. The van der Waals surface area contributed by atoms with Crippen LogP contribution >= 0.6 is 0 Å². The lowest BCUT2D eigenvalue weighted by molar-refractivity contribution is -0.149. The third-order valence-corrected chi connectivity index (χ3v) is 4.41. The number of fused-ring (bicyclic) bond motifs is 1. The molecule has 3 rings (SSSR count). The second-order valence-corrected chi connectivity index (χ2v) is 7.52. The van der Waals surface area contributed by atoms with E-state index >= 15 is 0 Å². The van der Waals surface area contributed by atoms with Crippen molar-refractivity contribution in [3.05, 3.63) is 42.0 Å². The van der Waals surface area contributed by atoms with E-state index in [1.54, 1.807) is 18.2 Å². The van der Waals surface area contributed by atoms with E-state index in [0.29, 0.717) is 18.4 Å². The number of hydrogen-bond acceptors (Lipinski definition) is 4. The number of phenolic OH excluding ortho intramolecular Hbond substituents is 1. The molecule has 0 unspecified atom stereocenters. The largest absolute Gasteiger partial charge is 0.506 e. The maximum absolute atomic E-state index is 13.0. The van der Waals surface area contributed by atoms with Crippen molar-refractivity contribution >= 4 is 22.6 Å². The number of nitrogens with zero attached hydrogens (tertiary/aromatic N) is 1. The Morgan fingerprint density at radius 3 is 2.65 bits per heavy atom. The first-order valence-electron chi connectivity index (χ1n) is 8.77. The standard InChI is InChI=1S/C20H24N2O4/c1-20(2,3)26-21-18(24)16-9-6-12-22(16)19(25)15-11-10-13-7-4-5-8-14(13)17(15)23/h4-5,7-8,10-11,16,23H,6,9,12H2,1-3H3,(H,21,24)/t16-/m0/s1. The number of amides is 2. The molecule has 0 radical (unpaired) electrons. The van der Waals surface area contributed by atoms with Gasteiger partial charge in [-0.2, -0.15) is 0 Å². The molecule has 2 aromatic rings. The van der Waals surface area contributed by atoms with Gasteiger partial charge in [-0.1, -0.05) is 30.3 Å². The van der Waals surface area contributed by atoms with E-state index < -0.39 is 11.6 Å². The van der Waals surface area contributed by atoms with E-state index in [-0.39, 0.29) is 23.1 Å². The Bertz CT molecular complexity index is 841. The van der Waals surface area contributed by atoms with Gasteiger partial charge < -0.3 is 10.0 Å². The van der Waals surface area contributed by atoms with Gasteiger partial charge in [0.1, 0.15) is 11.8 Å². The van der Waals surface area contributed by atoms with Gasteiger partial charge in [0.15, 0.2) is 0 Å². The summed E-state index contributed by atoms with van der Waals surface area (Å²) in [5.41, 5.74) is 2.14. The zero-order valence-electron chi connectivity index (χ0n) is 15.3. The molecular weight excluding hydrogens is 332 g/mol. The monoisotopic (exact) mass is 356 g/mol. The smallest absolute Gasteiger partial charge is 0.266 e. The van der Waals surface area contributed by atoms with Gasteiger partial charge in [0, 0.05) is 11.9 Å². The lowest BCUT2D eigenvalue weighted by Gasteiger charge is -2.26. The van der Waals surface area contributed by atoms with Crippen LogP contribution in [0.15, 0.2) is 36.4 Å². The Balaban J connectivity index is 1.82. The molecule has 1 aliphatic heterocycles. The second kappa shape index (κ2) is 6.96. The molecule has 0 bridgehead atoms. The van der Waals surface area contributed by atoms with Crippen molar-refractivity contribution in [2.45, 2.75) is 45.3 Å². The lowest BCUT2D eigenvalue weighted by atomic mass is 10.0. The second-order valence-electron chi connectivity index (χ2n) is 7.52. The van der Waals surface area contributed by atoms with Crippen LogP contribution in [0.5, 0.6) is 5.75 Å². The van der Waals surface area contributed by atoms with E-state index in [4.69, 9.17) is 4.84 Å². The summed E-state index contributed by atoms with van der Waals surface area (Å²) in [6, 6.07) is 10.1. The third-order valence-electron chi connectivity index (χ3n) is 4.41. The summed E-state index contributed by atoms with van der Waals surface area (Å²) in [7, 11) is 0. The molecule has 1 atom stereocenters. The molecule has 1 saturated heterocycles. The number of carbonyl (C=O) groups is 2. The van der Waals surface area contributed by atoms with Crippen LogP contribution in [0, 0.1) is 0 Å². The van der Waals surface area contributed by atoms with Crippen LogP contribution in [0.4, 0.5) is 0 Å². The molecule has 138 valence electrons. The highest BCUT2D eigenvalue weighted by molar-refractivity contribution is 6.05. The number of phenols is 1. The normalized spacial score (nSPS) is 17.5. The molecule has 1 fully saturated rings. The zero-order valence-corrected chi connectivity index (χ0v) is 15.3. The number of aromatic hydroxyl groups is 1. The third kappa shape index (κ3) is 3.65. The van der Waals surface area contributed by atoms with Crippen LogP contribution in [-0.2, 0) is 9.63 Å². The number of benzene rings is 2. The maximum atomic E-state index is 13.0. The van der Waals surface area contributed by atoms with E-state index in [0.717, 1.165) is 11.8 Å². The van der Waals surface area contributed by atoms with Gasteiger partial charge in [-0.25, -0.2) is 5.48 Å². The number of nitrogens with one attached hydrogen (secondary N) is 1. The van der Waals surface area contributed by atoms with E-state index in [1.807, 2.05) is 39.0 Å². The number of carbonyl (C=O) groups excluding carboxylic acids is 2. The summed E-state index contributed by atoms with van der Waals surface area (Å²) in [5, 5.41) is 12.0. The van der Waals surface area contributed by atoms with Gasteiger partial charge in [0.2, 0.25) is 0 Å². The number of hydrogen-bond donors (Lipinski definition) is 2. The fraction of sp³-hybridized carbons (Fsp3) is 0.400. The van der Waals surface area contributed by atoms with Crippen molar-refractivity contribution in [3.63, 3.8) is 0 Å². The van der Waals surface area contributed by atoms with Gasteiger partial charge in [-0.3, -0.25) is 14.4 Å². The Kier molecular flexibility index (Phi) is 4.87. The quantitative estimate of drug-likeness (QED) is 0.829. The molecule has 0 aromatic heterocycles. The number of likely N-dealkylation sites (tertiary alicyclic amines) is 1. The summed E-state index contributed by atoms with van der Waals surface area (Å²) < 4.78 is 0. The highest BCUT2D eigenvalue weighted by Crippen LogP contribution is 2.31. The topological polar surface area (TPSA) is 78.9 Å². The highest BCUT2D eigenvalue weighted by Gasteiger charge is 2.36. The molecule has 0 spiro atoms. The number of hydroxylamine groups is 1. The predicted octanol–water partition coefficient (Wildman–Crippen LogP) is 3.00. The number of rotatable bonds is 3. The molecule has 6 heteroatoms. The van der Waals surface area contributed by atoms with Crippen molar-refractivity contribution in [1.82, 2.24) is 10.4 Å². The minimum Gasteiger partial charge on any atom is -0.506 e. The molecule has 26 heavy (non-hydrogen) atoms. The minimum atomic E-state index is -0.601. The maximum Gasteiger partial charge on any atom is 0.266 e. The van der Waals surface area contributed by atoms with E-state index in [1.165, 1.54) is 4.90 Å². The van der Waals surface area contributed by atoms with E-state index in [9.17, 15) is 14.7 Å². The van der Waals surface area contributed by atoms with Crippen molar-refractivity contribution in [3.8, 4) is 5.75 Å². The summed E-state index contributed by atoms with van der Waals surface area (Å²) in [6.07, 6.45) is 1.30. The Morgan fingerprint density at radius 1 is 1.19 bits per heavy atom. The summed E-state index contributed by atoms with van der Waals surface area (Å²) >= 11 is 0. The van der Waals surface area contributed by atoms with Gasteiger partial charge in [0.05, 0.1) is 11.2 Å². The van der Waals surface area contributed by atoms with Crippen molar-refractivity contribution in [2.75, 3.05) is 6.54 Å². The van der Waals surface area contributed by atoms with Crippen molar-refractivity contribution in [2.24, 2.45) is 0 Å². The molecule has 6 nitrogen and oxygen atoms in total. The average Bonchev–Trinajstić information content (AvgIpc) is 3.09. The molecule has 0 saturated carbocycles. The van der Waals surface area contributed by atoms with Crippen LogP contribution in [0.2, 0.25) is 0 Å². The summed E-state index contributed by atoms with van der Waals surface area (Å²) in [5.74, 6) is -0.738. The first kappa shape index (κ1) is 18.2. The molecule has 2 N–H and O–H groups in total. The van der Waals surface area contributed by atoms with Crippen LogP contribution in [0.25, 0.3) is 10.8 Å². The molecule has 0 aliphatic carbocycles. The van der Waals surface area contributed by atoms with Crippen LogP contribution in [0.3, 0.4) is 0 Å². The molecular formula is C20H24N2O4. The predicted molar refractivity (Wildman–Crippen MR) is 98.7 cm³/mol. The van der Waals surface area contributed by atoms with Crippen LogP contribution in [0.1, 0.15) is 44.0 Å². The minimum absolute atomic E-state index is 0.0508. The highest BCUT2D eigenvalue weighted by atomic mass is 16.7. The van der Waals surface area contributed by atoms with Crippen molar-refractivity contribution < 1.29 is 19.5 Å². The molecule has 1 heterocycles. The first-order chi connectivity index (χ1) is 12.3. The van der Waals surface area contributed by atoms with Crippen LogP contribution < -0.4 is 5.48 Å². The molecule has 1 aliphatic rings. The fourth-order valence-corrected chi connectivity index (χ4v) is 3.14. The van der Waals surface area contributed by atoms with E-state index in [2.05, 4.69) is 5.48 Å². The Hall–Kier alpha value is -2.60. The lowest BCUT2D eigenvalue weighted by Crippen LogP contribution is -2.47. The SMILES string of the molecule is CC(C)(C)ONC(=O)[C@@H]1CCCN1C(=O)c1ccc2ccccc2c1O. The Morgan fingerprint density at radius 2 is 1.92 bits per heavy atom. The molecule has 2 amide bonds. The first-order valence-corrected chi connectivity index (χ1v) is 8.77. The van der Waals surface area contributed by atoms with Gasteiger partial charge in [0.25, 0.3) is 11.8 Å². The van der Waals surface area contributed by atoms with Crippen LogP contribution in [-0.4, -0.2) is 40.0 Å².